The van der Waals surface area contributed by atoms with Gasteiger partial charge in [0.05, 0.1) is 12.5 Å². The predicted molar refractivity (Wildman–Crippen MR) is 63.5 cm³/mol. The van der Waals surface area contributed by atoms with Crippen LogP contribution in [0.5, 0.6) is 0 Å². The van der Waals surface area contributed by atoms with E-state index in [0.717, 1.165) is 18.3 Å². The van der Waals surface area contributed by atoms with Crippen molar-refractivity contribution in [2.75, 3.05) is 20.5 Å². The lowest BCUT2D eigenvalue weighted by Gasteiger charge is -2.35. The second-order valence-electron chi connectivity index (χ2n) is 4.80. The van der Waals surface area contributed by atoms with E-state index >= 15 is 0 Å². The van der Waals surface area contributed by atoms with Crippen LogP contribution in [0.25, 0.3) is 0 Å². The van der Waals surface area contributed by atoms with Crippen molar-refractivity contribution in [1.29, 1.82) is 0 Å². The van der Waals surface area contributed by atoms with E-state index in [-0.39, 0.29) is 18.0 Å². The van der Waals surface area contributed by atoms with Crippen LogP contribution in [0.1, 0.15) is 26.7 Å². The van der Waals surface area contributed by atoms with E-state index in [4.69, 9.17) is 9.47 Å². The molecular weight excluding hydrogens is 220 g/mol. The fraction of sp³-hybridized carbons (Fsp3) is 0.692. The molecule has 0 bridgehead atoms. The minimum absolute atomic E-state index is 0.0761. The number of hydrogen-bond donors (Lipinski definition) is 0. The van der Waals surface area contributed by atoms with Gasteiger partial charge in [0.15, 0.2) is 5.78 Å². The topological polar surface area (TPSA) is 52.6 Å². The Kier molecular flexibility index (Phi) is 5.02. The minimum atomic E-state index is -0.494. The van der Waals surface area contributed by atoms with Gasteiger partial charge >= 0.3 is 0 Å². The van der Waals surface area contributed by atoms with Crippen molar-refractivity contribution in [2.45, 2.75) is 26.7 Å². The summed E-state index contributed by atoms with van der Waals surface area (Å²) in [6.45, 7) is 4.84. The molecule has 0 saturated carbocycles. The maximum atomic E-state index is 11.5. The molecule has 0 radical (unpaired) electrons. The van der Waals surface area contributed by atoms with Crippen molar-refractivity contribution in [2.24, 2.45) is 11.3 Å². The van der Waals surface area contributed by atoms with Crippen molar-refractivity contribution < 1.29 is 19.1 Å². The zero-order chi connectivity index (χ0) is 12.9. The molecule has 0 heterocycles. The van der Waals surface area contributed by atoms with Crippen LogP contribution in [0, 0.1) is 11.3 Å². The Balaban J connectivity index is 2.63. The third-order valence-electron chi connectivity index (χ3n) is 3.51. The number of aldehydes is 1. The predicted octanol–water partition coefficient (Wildman–Crippen LogP) is 1.74. The highest BCUT2D eigenvalue weighted by atomic mass is 16.7. The smallest absolute Gasteiger partial charge is 0.165 e. The van der Waals surface area contributed by atoms with E-state index in [9.17, 15) is 9.59 Å². The summed E-state index contributed by atoms with van der Waals surface area (Å²) in [4.78, 5) is 22.4. The van der Waals surface area contributed by atoms with Crippen molar-refractivity contribution in [3.8, 4) is 0 Å². The summed E-state index contributed by atoms with van der Waals surface area (Å²) in [5.41, 5.74) is 0.898. The zero-order valence-electron chi connectivity index (χ0n) is 10.7. The number of ketones is 1. The van der Waals surface area contributed by atoms with Crippen LogP contribution in [0.3, 0.4) is 0 Å². The molecule has 96 valence electrons. The van der Waals surface area contributed by atoms with Gasteiger partial charge in [-0.15, -0.1) is 0 Å². The lowest BCUT2D eigenvalue weighted by Crippen LogP contribution is -2.33. The molecule has 1 aliphatic rings. The SMILES string of the molecule is COCOCCC1(C)CC(C=O)C(=O)C=C1C. The number of carbonyl (C=O) groups excluding carboxylic acids is 2. The Morgan fingerprint density at radius 3 is 2.88 bits per heavy atom. The van der Waals surface area contributed by atoms with E-state index in [0.29, 0.717) is 13.0 Å². The fourth-order valence-electron chi connectivity index (χ4n) is 2.10. The van der Waals surface area contributed by atoms with Crippen LogP contribution in [-0.2, 0) is 19.1 Å². The third kappa shape index (κ3) is 3.48. The molecule has 1 rings (SSSR count). The van der Waals surface area contributed by atoms with Gasteiger partial charge in [-0.05, 0) is 31.3 Å². The molecule has 0 saturated heterocycles. The zero-order valence-corrected chi connectivity index (χ0v) is 10.7. The molecule has 0 N–H and O–H groups in total. The Morgan fingerprint density at radius 1 is 1.59 bits per heavy atom. The highest BCUT2D eigenvalue weighted by Gasteiger charge is 2.36. The van der Waals surface area contributed by atoms with Crippen LogP contribution in [-0.4, -0.2) is 32.6 Å². The molecule has 4 nitrogen and oxygen atoms in total. The normalized spacial score (nSPS) is 29.0. The van der Waals surface area contributed by atoms with E-state index in [1.807, 2.05) is 6.92 Å². The molecule has 0 aromatic carbocycles. The Labute approximate surface area is 102 Å². The fourth-order valence-corrected chi connectivity index (χ4v) is 2.10. The summed E-state index contributed by atoms with van der Waals surface area (Å²) < 4.78 is 10.1. The van der Waals surface area contributed by atoms with Gasteiger partial charge in [-0.3, -0.25) is 4.79 Å². The Hall–Kier alpha value is -1.00. The van der Waals surface area contributed by atoms with Gasteiger partial charge < -0.3 is 14.3 Å². The average molecular weight is 240 g/mol. The number of methoxy groups -OCH3 is 1. The van der Waals surface area contributed by atoms with Gasteiger partial charge in [0.1, 0.15) is 13.1 Å². The lowest BCUT2D eigenvalue weighted by molar-refractivity contribution is -0.126. The van der Waals surface area contributed by atoms with E-state index in [1.165, 1.54) is 0 Å². The number of carbonyl (C=O) groups is 2. The van der Waals surface area contributed by atoms with E-state index in [2.05, 4.69) is 6.92 Å². The van der Waals surface area contributed by atoms with Crippen molar-refractivity contribution in [3.63, 3.8) is 0 Å². The highest BCUT2D eigenvalue weighted by Crippen LogP contribution is 2.40. The summed E-state index contributed by atoms with van der Waals surface area (Å²) >= 11 is 0. The van der Waals surface area contributed by atoms with Crippen LogP contribution >= 0.6 is 0 Å². The maximum absolute atomic E-state index is 11.5. The van der Waals surface area contributed by atoms with Crippen LogP contribution < -0.4 is 0 Å². The third-order valence-corrected chi connectivity index (χ3v) is 3.51. The van der Waals surface area contributed by atoms with Gasteiger partial charge in [-0.1, -0.05) is 12.5 Å². The monoisotopic (exact) mass is 240 g/mol. The summed E-state index contributed by atoms with van der Waals surface area (Å²) in [6.07, 6.45) is 3.71. The Bertz CT molecular complexity index is 321. The molecule has 0 aromatic heterocycles. The second kappa shape index (κ2) is 6.07. The first-order chi connectivity index (χ1) is 8.03. The molecule has 0 fully saturated rings. The minimum Gasteiger partial charge on any atom is -0.359 e. The summed E-state index contributed by atoms with van der Waals surface area (Å²) in [6, 6.07) is 0. The van der Waals surface area contributed by atoms with Crippen molar-refractivity contribution in [3.05, 3.63) is 11.6 Å². The first-order valence-electron chi connectivity index (χ1n) is 5.78. The van der Waals surface area contributed by atoms with E-state index in [1.54, 1.807) is 13.2 Å². The van der Waals surface area contributed by atoms with Crippen molar-refractivity contribution in [1.82, 2.24) is 0 Å². The van der Waals surface area contributed by atoms with E-state index < -0.39 is 5.92 Å². The molecular formula is C13H20O4. The van der Waals surface area contributed by atoms with Gasteiger partial charge in [-0.2, -0.15) is 0 Å². The number of hydrogen-bond acceptors (Lipinski definition) is 4. The number of allylic oxidation sites excluding steroid dienone is 2. The molecule has 0 aliphatic heterocycles. The van der Waals surface area contributed by atoms with Crippen LogP contribution in [0.2, 0.25) is 0 Å². The van der Waals surface area contributed by atoms with Crippen molar-refractivity contribution >= 4 is 12.1 Å². The Morgan fingerprint density at radius 2 is 2.29 bits per heavy atom. The molecule has 0 amide bonds. The molecule has 0 aromatic rings. The largest absolute Gasteiger partial charge is 0.359 e. The van der Waals surface area contributed by atoms with Gasteiger partial charge in [0.25, 0.3) is 0 Å². The molecule has 1 aliphatic carbocycles. The van der Waals surface area contributed by atoms with Gasteiger partial charge in [0.2, 0.25) is 0 Å². The van der Waals surface area contributed by atoms with Crippen LogP contribution in [0.15, 0.2) is 11.6 Å². The van der Waals surface area contributed by atoms with Crippen LogP contribution in [0.4, 0.5) is 0 Å². The van der Waals surface area contributed by atoms with Gasteiger partial charge in [0, 0.05) is 7.11 Å². The molecule has 0 spiro atoms. The first-order valence-corrected chi connectivity index (χ1v) is 5.78. The summed E-state index contributed by atoms with van der Waals surface area (Å²) in [5.74, 6) is -0.570. The number of rotatable bonds is 6. The lowest BCUT2D eigenvalue weighted by atomic mass is 9.68. The van der Waals surface area contributed by atoms with Gasteiger partial charge in [-0.25, -0.2) is 0 Å². The maximum Gasteiger partial charge on any atom is 0.165 e. The molecule has 2 unspecified atom stereocenters. The molecule has 4 heteroatoms. The number of ether oxygens (including phenoxy) is 2. The molecule has 2 atom stereocenters. The summed E-state index contributed by atoms with van der Waals surface area (Å²) in [5, 5.41) is 0. The average Bonchev–Trinajstić information content (AvgIpc) is 2.30. The second-order valence-corrected chi connectivity index (χ2v) is 4.80. The standard InChI is InChI=1S/C13H20O4/c1-10-6-12(15)11(8-14)7-13(10,2)4-5-17-9-16-3/h6,8,11H,4-5,7,9H2,1-3H3. The quantitative estimate of drug-likeness (QED) is 0.307. The highest BCUT2D eigenvalue weighted by molar-refractivity contribution is 6.02. The summed E-state index contributed by atoms with van der Waals surface area (Å²) in [7, 11) is 1.58. The molecule has 17 heavy (non-hydrogen) atoms. The first kappa shape index (κ1) is 14.1.